The molecule has 0 bridgehead atoms. The fourth-order valence-electron chi connectivity index (χ4n) is 2.80. The molecule has 1 saturated carbocycles. The molecular formula is C15H20N4. The Kier molecular flexibility index (Phi) is 3.77. The van der Waals surface area contributed by atoms with Crippen molar-refractivity contribution in [3.05, 3.63) is 42.5 Å². The zero-order chi connectivity index (χ0) is 12.9. The average Bonchev–Trinajstić information content (AvgIpc) is 3.10. The van der Waals surface area contributed by atoms with E-state index in [0.29, 0.717) is 6.04 Å². The van der Waals surface area contributed by atoms with Crippen LogP contribution in [0.15, 0.2) is 36.9 Å². The van der Waals surface area contributed by atoms with Crippen molar-refractivity contribution in [1.29, 1.82) is 0 Å². The molecule has 0 unspecified atom stereocenters. The van der Waals surface area contributed by atoms with Crippen LogP contribution in [0, 0.1) is 0 Å². The summed E-state index contributed by atoms with van der Waals surface area (Å²) in [6.45, 7) is 0.910. The predicted molar refractivity (Wildman–Crippen MR) is 76.2 cm³/mol. The first-order valence-corrected chi connectivity index (χ1v) is 7.09. The monoisotopic (exact) mass is 256 g/mol. The molecule has 0 radical (unpaired) electrons. The maximum atomic E-state index is 4.43. The van der Waals surface area contributed by atoms with Crippen LogP contribution in [-0.2, 0) is 6.42 Å². The normalized spacial score (nSPS) is 15.8. The van der Waals surface area contributed by atoms with Gasteiger partial charge in [-0.2, -0.15) is 0 Å². The highest BCUT2D eigenvalue weighted by molar-refractivity contribution is 5.27. The van der Waals surface area contributed by atoms with E-state index in [4.69, 9.17) is 0 Å². The van der Waals surface area contributed by atoms with Crippen molar-refractivity contribution in [2.45, 2.75) is 38.1 Å². The van der Waals surface area contributed by atoms with Crippen molar-refractivity contribution in [2.24, 2.45) is 0 Å². The van der Waals surface area contributed by atoms with Crippen LogP contribution in [0.3, 0.4) is 0 Å². The van der Waals surface area contributed by atoms with E-state index >= 15 is 0 Å². The maximum absolute atomic E-state index is 4.43. The van der Waals surface area contributed by atoms with Gasteiger partial charge in [-0.25, -0.2) is 4.98 Å². The Hall–Kier alpha value is -1.84. The lowest BCUT2D eigenvalue weighted by Crippen LogP contribution is -2.13. The molecule has 2 aromatic heterocycles. The smallest absolute Gasteiger partial charge is 0.203 e. The Labute approximate surface area is 113 Å². The van der Waals surface area contributed by atoms with E-state index in [0.717, 1.165) is 18.9 Å². The molecule has 1 N–H and O–H groups in total. The number of rotatable bonds is 5. The first-order valence-electron chi connectivity index (χ1n) is 7.09. The number of nitrogens with one attached hydrogen (secondary N) is 1. The first kappa shape index (κ1) is 12.2. The zero-order valence-corrected chi connectivity index (χ0v) is 11.1. The lowest BCUT2D eigenvalue weighted by Gasteiger charge is -2.15. The van der Waals surface area contributed by atoms with Crippen molar-refractivity contribution >= 4 is 5.95 Å². The summed E-state index contributed by atoms with van der Waals surface area (Å²) < 4.78 is 2.31. The van der Waals surface area contributed by atoms with E-state index in [1.165, 1.54) is 31.2 Å². The Balaban J connectivity index is 1.57. The third kappa shape index (κ3) is 2.95. The summed E-state index contributed by atoms with van der Waals surface area (Å²) in [4.78, 5) is 8.46. The molecule has 0 atom stereocenters. The Bertz CT molecular complexity index is 500. The quantitative estimate of drug-likeness (QED) is 0.894. The molecule has 0 amide bonds. The van der Waals surface area contributed by atoms with Crippen molar-refractivity contribution in [1.82, 2.24) is 14.5 Å². The number of imidazole rings is 1. The number of anilines is 1. The largest absolute Gasteiger partial charge is 0.355 e. The van der Waals surface area contributed by atoms with Crippen LogP contribution >= 0.6 is 0 Å². The molecule has 1 aliphatic carbocycles. The van der Waals surface area contributed by atoms with Gasteiger partial charge < -0.3 is 9.88 Å². The second kappa shape index (κ2) is 5.87. The second-order valence-corrected chi connectivity index (χ2v) is 5.13. The van der Waals surface area contributed by atoms with Crippen LogP contribution in [-0.4, -0.2) is 21.1 Å². The molecule has 1 aliphatic rings. The molecule has 2 aromatic rings. The molecule has 19 heavy (non-hydrogen) atoms. The van der Waals surface area contributed by atoms with Gasteiger partial charge in [0, 0.05) is 37.4 Å². The van der Waals surface area contributed by atoms with Gasteiger partial charge in [-0.3, -0.25) is 4.98 Å². The number of nitrogens with zero attached hydrogens (tertiary/aromatic N) is 3. The molecule has 4 heteroatoms. The van der Waals surface area contributed by atoms with E-state index in [9.17, 15) is 0 Å². The molecule has 2 heterocycles. The SMILES string of the molecule is c1cc(CCNc2nccn2C2CCCC2)ccn1. The lowest BCUT2D eigenvalue weighted by molar-refractivity contribution is 0.523. The molecule has 1 fully saturated rings. The van der Waals surface area contributed by atoms with Crippen LogP contribution in [0.5, 0.6) is 0 Å². The van der Waals surface area contributed by atoms with Crippen molar-refractivity contribution in [3.8, 4) is 0 Å². The van der Waals surface area contributed by atoms with E-state index in [-0.39, 0.29) is 0 Å². The summed E-state index contributed by atoms with van der Waals surface area (Å²) in [5, 5.41) is 3.45. The van der Waals surface area contributed by atoms with Crippen molar-refractivity contribution < 1.29 is 0 Å². The summed E-state index contributed by atoms with van der Waals surface area (Å²) in [6.07, 6.45) is 13.9. The molecule has 0 spiro atoms. The number of hydrogen-bond donors (Lipinski definition) is 1. The summed E-state index contributed by atoms with van der Waals surface area (Å²) in [7, 11) is 0. The van der Waals surface area contributed by atoms with Gasteiger partial charge in [0.1, 0.15) is 0 Å². The summed E-state index contributed by atoms with van der Waals surface area (Å²) >= 11 is 0. The molecule has 4 nitrogen and oxygen atoms in total. The Morgan fingerprint density at radius 3 is 2.74 bits per heavy atom. The standard InChI is InChI=1S/C15H20N4/c1-2-4-14(3-1)19-12-11-18-15(19)17-10-7-13-5-8-16-9-6-13/h5-6,8-9,11-12,14H,1-4,7,10H2,(H,17,18). The molecule has 0 saturated heterocycles. The van der Waals surface area contributed by atoms with Gasteiger partial charge in [0.05, 0.1) is 0 Å². The Morgan fingerprint density at radius 2 is 1.95 bits per heavy atom. The van der Waals surface area contributed by atoms with E-state index in [1.54, 1.807) is 0 Å². The van der Waals surface area contributed by atoms with Gasteiger partial charge in [0.25, 0.3) is 0 Å². The van der Waals surface area contributed by atoms with Gasteiger partial charge in [0.15, 0.2) is 0 Å². The minimum atomic E-state index is 0.644. The van der Waals surface area contributed by atoms with E-state index < -0.39 is 0 Å². The lowest BCUT2D eigenvalue weighted by atomic mass is 10.2. The van der Waals surface area contributed by atoms with Crippen LogP contribution in [0.2, 0.25) is 0 Å². The van der Waals surface area contributed by atoms with Gasteiger partial charge in [-0.05, 0) is 37.0 Å². The van der Waals surface area contributed by atoms with Gasteiger partial charge >= 0.3 is 0 Å². The van der Waals surface area contributed by atoms with Gasteiger partial charge in [0.2, 0.25) is 5.95 Å². The number of hydrogen-bond acceptors (Lipinski definition) is 3. The van der Waals surface area contributed by atoms with Gasteiger partial charge in [-0.15, -0.1) is 0 Å². The fourth-order valence-corrected chi connectivity index (χ4v) is 2.80. The maximum Gasteiger partial charge on any atom is 0.203 e. The minimum absolute atomic E-state index is 0.644. The minimum Gasteiger partial charge on any atom is -0.355 e. The van der Waals surface area contributed by atoms with Gasteiger partial charge in [-0.1, -0.05) is 12.8 Å². The van der Waals surface area contributed by atoms with Crippen LogP contribution in [0.1, 0.15) is 37.3 Å². The van der Waals surface area contributed by atoms with Crippen LogP contribution < -0.4 is 5.32 Å². The zero-order valence-electron chi connectivity index (χ0n) is 11.1. The number of aromatic nitrogens is 3. The fraction of sp³-hybridized carbons (Fsp3) is 0.467. The summed E-state index contributed by atoms with van der Waals surface area (Å²) in [5.41, 5.74) is 1.31. The number of pyridine rings is 1. The molecule has 100 valence electrons. The molecular weight excluding hydrogens is 236 g/mol. The highest BCUT2D eigenvalue weighted by atomic mass is 15.2. The van der Waals surface area contributed by atoms with Crippen LogP contribution in [0.4, 0.5) is 5.95 Å². The average molecular weight is 256 g/mol. The van der Waals surface area contributed by atoms with Crippen molar-refractivity contribution in [2.75, 3.05) is 11.9 Å². The highest BCUT2D eigenvalue weighted by Crippen LogP contribution is 2.31. The van der Waals surface area contributed by atoms with E-state index in [2.05, 4.69) is 38.2 Å². The first-order chi connectivity index (χ1) is 9.43. The third-order valence-electron chi connectivity index (χ3n) is 3.83. The second-order valence-electron chi connectivity index (χ2n) is 5.13. The summed E-state index contributed by atoms with van der Waals surface area (Å²) in [5.74, 6) is 1.01. The summed E-state index contributed by atoms with van der Waals surface area (Å²) in [6, 6.07) is 4.77. The molecule has 0 aliphatic heterocycles. The third-order valence-corrected chi connectivity index (χ3v) is 3.83. The van der Waals surface area contributed by atoms with Crippen molar-refractivity contribution in [3.63, 3.8) is 0 Å². The van der Waals surface area contributed by atoms with Crippen LogP contribution in [0.25, 0.3) is 0 Å². The molecule has 3 rings (SSSR count). The topological polar surface area (TPSA) is 42.7 Å². The Morgan fingerprint density at radius 1 is 1.16 bits per heavy atom. The predicted octanol–water partition coefficient (Wildman–Crippen LogP) is 3.05. The molecule has 0 aromatic carbocycles. The highest BCUT2D eigenvalue weighted by Gasteiger charge is 2.18. The van der Waals surface area contributed by atoms with E-state index in [1.807, 2.05) is 18.6 Å².